The quantitative estimate of drug-likeness (QED) is 0.306. The van der Waals surface area contributed by atoms with Crippen LogP contribution >= 0.6 is 0 Å². The van der Waals surface area contributed by atoms with Crippen molar-refractivity contribution in [2.75, 3.05) is 14.2 Å². The summed E-state index contributed by atoms with van der Waals surface area (Å²) in [5.41, 5.74) is 1.34. The largest absolute Gasteiger partial charge is 0.496 e. The van der Waals surface area contributed by atoms with E-state index < -0.39 is 11.3 Å². The van der Waals surface area contributed by atoms with Crippen molar-refractivity contribution >= 4 is 34.1 Å². The molecule has 0 aliphatic carbocycles. The van der Waals surface area contributed by atoms with Crippen LogP contribution in [0.2, 0.25) is 0 Å². The molecule has 0 radical (unpaired) electrons. The zero-order chi connectivity index (χ0) is 23.7. The van der Waals surface area contributed by atoms with Crippen LogP contribution in [-0.2, 0) is 0 Å². The first-order valence-electron chi connectivity index (χ1n) is 10.6. The third kappa shape index (κ3) is 3.97. The van der Waals surface area contributed by atoms with E-state index in [0.717, 1.165) is 11.1 Å². The summed E-state index contributed by atoms with van der Waals surface area (Å²) >= 11 is 0. The van der Waals surface area contributed by atoms with Gasteiger partial charge in [0.15, 0.2) is 0 Å². The summed E-state index contributed by atoms with van der Waals surface area (Å²) in [6.07, 6.45) is 3.41. The number of benzene rings is 3. The molecule has 0 spiro atoms. The Balaban J connectivity index is 1.69. The second-order valence-corrected chi connectivity index (χ2v) is 7.68. The average Bonchev–Trinajstić information content (AvgIpc) is 2.85. The van der Waals surface area contributed by atoms with Gasteiger partial charge in [-0.25, -0.2) is 9.59 Å². The van der Waals surface area contributed by atoms with Gasteiger partial charge in [0.05, 0.1) is 24.7 Å². The van der Waals surface area contributed by atoms with Gasteiger partial charge in [0.1, 0.15) is 22.7 Å². The predicted molar refractivity (Wildman–Crippen MR) is 131 cm³/mol. The summed E-state index contributed by atoms with van der Waals surface area (Å²) in [6, 6.07) is 21.6. The van der Waals surface area contributed by atoms with Gasteiger partial charge in [-0.1, -0.05) is 36.4 Å². The summed E-state index contributed by atoms with van der Waals surface area (Å²) in [6.45, 7) is 0. The zero-order valence-electron chi connectivity index (χ0n) is 18.5. The fraction of sp³-hybridized carbons (Fsp3) is 0.0714. The van der Waals surface area contributed by atoms with Gasteiger partial charge in [0, 0.05) is 21.9 Å². The molecule has 6 nitrogen and oxygen atoms in total. The van der Waals surface area contributed by atoms with Gasteiger partial charge in [-0.05, 0) is 48.6 Å². The van der Waals surface area contributed by atoms with E-state index in [4.69, 9.17) is 18.3 Å². The van der Waals surface area contributed by atoms with Crippen molar-refractivity contribution in [3.8, 4) is 11.5 Å². The Kier molecular flexibility index (Phi) is 5.47. The molecule has 5 aromatic rings. The van der Waals surface area contributed by atoms with Gasteiger partial charge < -0.3 is 18.3 Å². The molecule has 0 atom stereocenters. The molecule has 0 saturated carbocycles. The number of rotatable bonds is 4. The fourth-order valence-electron chi connectivity index (χ4n) is 3.87. The van der Waals surface area contributed by atoms with Gasteiger partial charge in [-0.3, -0.25) is 0 Å². The van der Waals surface area contributed by atoms with Crippen molar-refractivity contribution in [3.05, 3.63) is 115 Å². The van der Waals surface area contributed by atoms with E-state index in [2.05, 4.69) is 0 Å². The molecule has 0 N–H and O–H groups in total. The lowest BCUT2D eigenvalue weighted by Gasteiger charge is -2.04. The van der Waals surface area contributed by atoms with Crippen molar-refractivity contribution < 1.29 is 18.3 Å². The molecule has 3 aromatic carbocycles. The number of methoxy groups -OCH3 is 2. The molecule has 0 fully saturated rings. The van der Waals surface area contributed by atoms with Crippen LogP contribution in [0.15, 0.2) is 91.2 Å². The highest BCUT2D eigenvalue weighted by atomic mass is 16.5. The van der Waals surface area contributed by atoms with Crippen LogP contribution < -0.4 is 31.2 Å². The molecule has 168 valence electrons. The van der Waals surface area contributed by atoms with E-state index in [0.29, 0.717) is 43.9 Å². The number of hydrogen-bond acceptors (Lipinski definition) is 6. The van der Waals surface area contributed by atoms with E-state index in [1.165, 1.54) is 0 Å². The van der Waals surface area contributed by atoms with Gasteiger partial charge in [0.25, 0.3) is 0 Å². The third-order valence-electron chi connectivity index (χ3n) is 5.54. The molecule has 0 unspecified atom stereocenters. The molecule has 2 aromatic heterocycles. The summed E-state index contributed by atoms with van der Waals surface area (Å²) < 4.78 is 21.9. The van der Waals surface area contributed by atoms with E-state index in [1.54, 1.807) is 50.6 Å². The Morgan fingerprint density at radius 1 is 0.618 bits per heavy atom. The Labute approximate surface area is 193 Å². The lowest BCUT2D eigenvalue weighted by Crippen LogP contribution is -2.24. The predicted octanol–water partition coefficient (Wildman–Crippen LogP) is 3.57. The van der Waals surface area contributed by atoms with Crippen molar-refractivity contribution in [1.82, 2.24) is 0 Å². The smallest absolute Gasteiger partial charge is 0.343 e. The molecule has 6 heteroatoms. The Hall–Kier alpha value is -4.58. The molecule has 0 saturated heterocycles. The highest BCUT2D eigenvalue weighted by molar-refractivity contribution is 5.92. The summed E-state index contributed by atoms with van der Waals surface area (Å²) in [7, 11) is 3.15. The SMILES string of the molecule is COc1ccccc1/C=c1\cc2cc3oc(=O)/c(=C/c4ccccc4OC)cc3cc2oc1=O. The number of fused-ring (bicyclic) bond motifs is 2. The summed E-state index contributed by atoms with van der Waals surface area (Å²) in [5.74, 6) is 1.29. The maximum atomic E-state index is 12.7. The van der Waals surface area contributed by atoms with Crippen LogP contribution in [-0.4, -0.2) is 14.2 Å². The van der Waals surface area contributed by atoms with Gasteiger partial charge in [0.2, 0.25) is 0 Å². The molecular formula is C28H20O6. The second kappa shape index (κ2) is 8.75. The lowest BCUT2D eigenvalue weighted by atomic mass is 10.1. The summed E-state index contributed by atoms with van der Waals surface area (Å²) in [4.78, 5) is 25.3. The number of para-hydroxylation sites is 2. The van der Waals surface area contributed by atoms with Crippen LogP contribution in [0.4, 0.5) is 0 Å². The minimum atomic E-state index is -0.476. The van der Waals surface area contributed by atoms with Crippen LogP contribution in [0, 0.1) is 0 Å². The van der Waals surface area contributed by atoms with Crippen LogP contribution in [0.5, 0.6) is 11.5 Å². The van der Waals surface area contributed by atoms with E-state index in [9.17, 15) is 9.59 Å². The highest BCUT2D eigenvalue weighted by Gasteiger charge is 2.08. The van der Waals surface area contributed by atoms with Gasteiger partial charge >= 0.3 is 11.3 Å². The van der Waals surface area contributed by atoms with Crippen molar-refractivity contribution in [1.29, 1.82) is 0 Å². The van der Waals surface area contributed by atoms with Crippen molar-refractivity contribution in [2.45, 2.75) is 0 Å². The first-order chi connectivity index (χ1) is 16.6. The van der Waals surface area contributed by atoms with E-state index in [-0.39, 0.29) is 0 Å². The first-order valence-corrected chi connectivity index (χ1v) is 10.6. The maximum absolute atomic E-state index is 12.7. The zero-order valence-corrected chi connectivity index (χ0v) is 18.5. The topological polar surface area (TPSA) is 78.9 Å². The van der Waals surface area contributed by atoms with E-state index in [1.807, 2.05) is 48.5 Å². The highest BCUT2D eigenvalue weighted by Crippen LogP contribution is 2.21. The van der Waals surface area contributed by atoms with Crippen molar-refractivity contribution in [2.24, 2.45) is 0 Å². The molecular weight excluding hydrogens is 432 g/mol. The molecule has 0 aliphatic heterocycles. The number of hydrogen-bond donors (Lipinski definition) is 0. The number of ether oxygens (including phenoxy) is 2. The van der Waals surface area contributed by atoms with Crippen LogP contribution in [0.1, 0.15) is 11.1 Å². The molecule has 2 heterocycles. The Morgan fingerprint density at radius 3 is 1.44 bits per heavy atom. The van der Waals surface area contributed by atoms with E-state index >= 15 is 0 Å². The fourth-order valence-corrected chi connectivity index (χ4v) is 3.87. The Morgan fingerprint density at radius 2 is 1.03 bits per heavy atom. The van der Waals surface area contributed by atoms with Crippen molar-refractivity contribution in [3.63, 3.8) is 0 Å². The standard InChI is InChI=1S/C28H20O6/c1-31-23-9-5-3-7-17(23)11-21-13-19-15-26-20(16-25(19)33-27(21)29)14-22(28(30)34-26)12-18-8-4-6-10-24(18)32-2/h3-16H,1-2H3/b21-11+,22-12+. The lowest BCUT2D eigenvalue weighted by molar-refractivity contribution is 0.413. The monoisotopic (exact) mass is 452 g/mol. The average molecular weight is 452 g/mol. The maximum Gasteiger partial charge on any atom is 0.343 e. The normalized spacial score (nSPS) is 12.4. The molecule has 0 aliphatic rings. The minimum absolute atomic E-state index is 0.361. The van der Waals surface area contributed by atoms with Crippen LogP contribution in [0.3, 0.4) is 0 Å². The Bertz CT molecular complexity index is 1640. The minimum Gasteiger partial charge on any atom is -0.496 e. The summed E-state index contributed by atoms with van der Waals surface area (Å²) in [5, 5.41) is 2.00. The van der Waals surface area contributed by atoms with Gasteiger partial charge in [-0.15, -0.1) is 0 Å². The van der Waals surface area contributed by atoms with Crippen LogP contribution in [0.25, 0.3) is 34.1 Å². The second-order valence-electron chi connectivity index (χ2n) is 7.68. The first kappa shape index (κ1) is 21.3. The molecule has 0 bridgehead atoms. The van der Waals surface area contributed by atoms with Gasteiger partial charge in [-0.2, -0.15) is 0 Å². The third-order valence-corrected chi connectivity index (χ3v) is 5.54. The molecule has 34 heavy (non-hydrogen) atoms. The molecule has 0 amide bonds. The molecule has 5 rings (SSSR count).